The van der Waals surface area contributed by atoms with Gasteiger partial charge < -0.3 is 5.32 Å². The summed E-state index contributed by atoms with van der Waals surface area (Å²) < 4.78 is 0.900. The van der Waals surface area contributed by atoms with Crippen molar-refractivity contribution < 1.29 is 4.79 Å². The summed E-state index contributed by atoms with van der Waals surface area (Å²) in [6.45, 7) is 1.88. The van der Waals surface area contributed by atoms with E-state index < -0.39 is 0 Å². The molecule has 2 heterocycles. The number of thiazole rings is 1. The maximum Gasteiger partial charge on any atom is 0.237 e. The van der Waals surface area contributed by atoms with Gasteiger partial charge in [-0.1, -0.05) is 17.8 Å². The average molecular weight is 315 g/mol. The second-order valence-corrected chi connectivity index (χ2v) is 6.91. The third-order valence-corrected chi connectivity index (χ3v) is 4.98. The van der Waals surface area contributed by atoms with Crippen molar-refractivity contribution in [1.82, 2.24) is 9.97 Å². The normalized spacial score (nSPS) is 12.2. The molecule has 0 spiro atoms. The molecule has 1 aromatic carbocycles. The number of pyridine rings is 1. The number of carbonyl (C=O) groups is 1. The summed E-state index contributed by atoms with van der Waals surface area (Å²) in [4.78, 5) is 20.8. The molecule has 0 saturated carbocycles. The fraction of sp³-hybridized carbons (Fsp3) is 0.133. The fourth-order valence-electron chi connectivity index (χ4n) is 1.92. The molecule has 6 heteroatoms. The van der Waals surface area contributed by atoms with Gasteiger partial charge in [0, 0.05) is 23.2 Å². The van der Waals surface area contributed by atoms with E-state index in [-0.39, 0.29) is 11.2 Å². The van der Waals surface area contributed by atoms with E-state index in [0.29, 0.717) is 0 Å². The number of nitrogens with zero attached hydrogens (tertiary/aromatic N) is 2. The van der Waals surface area contributed by atoms with Crippen molar-refractivity contribution in [3.05, 3.63) is 48.1 Å². The molecule has 1 atom stereocenters. The molecular weight excluding hydrogens is 302 g/mol. The van der Waals surface area contributed by atoms with Gasteiger partial charge in [-0.15, -0.1) is 11.3 Å². The van der Waals surface area contributed by atoms with Crippen LogP contribution in [-0.4, -0.2) is 21.1 Å². The molecular formula is C15H13N3OS2. The fourth-order valence-corrected chi connectivity index (χ4v) is 3.69. The van der Waals surface area contributed by atoms with Gasteiger partial charge in [-0.3, -0.25) is 9.78 Å². The van der Waals surface area contributed by atoms with Gasteiger partial charge in [0.15, 0.2) is 4.34 Å². The second kappa shape index (κ2) is 6.24. The Kier molecular flexibility index (Phi) is 4.17. The molecule has 21 heavy (non-hydrogen) atoms. The minimum Gasteiger partial charge on any atom is -0.324 e. The highest BCUT2D eigenvalue weighted by atomic mass is 32.2. The predicted molar refractivity (Wildman–Crippen MR) is 87.8 cm³/mol. The molecule has 1 unspecified atom stereocenters. The number of hydrogen-bond donors (Lipinski definition) is 1. The van der Waals surface area contributed by atoms with E-state index in [4.69, 9.17) is 0 Å². The number of thioether (sulfide) groups is 1. The summed E-state index contributed by atoms with van der Waals surface area (Å²) in [6, 6.07) is 9.54. The molecule has 1 N–H and O–H groups in total. The molecule has 0 aliphatic heterocycles. The van der Waals surface area contributed by atoms with Gasteiger partial charge in [0.2, 0.25) is 5.91 Å². The monoisotopic (exact) mass is 315 g/mol. The number of hydrogen-bond acceptors (Lipinski definition) is 5. The first-order valence-electron chi connectivity index (χ1n) is 6.45. The Bertz CT molecular complexity index is 753. The Balaban J connectivity index is 1.77. The Hall–Kier alpha value is -1.92. The van der Waals surface area contributed by atoms with Crippen LogP contribution < -0.4 is 5.32 Å². The second-order valence-electron chi connectivity index (χ2n) is 4.42. The van der Waals surface area contributed by atoms with Crippen molar-refractivity contribution >= 4 is 45.6 Å². The van der Waals surface area contributed by atoms with Crippen LogP contribution >= 0.6 is 23.1 Å². The van der Waals surface area contributed by atoms with Crippen molar-refractivity contribution in [2.24, 2.45) is 0 Å². The maximum atomic E-state index is 12.3. The van der Waals surface area contributed by atoms with Crippen LogP contribution in [-0.2, 0) is 4.79 Å². The van der Waals surface area contributed by atoms with E-state index in [1.165, 1.54) is 23.1 Å². The zero-order chi connectivity index (χ0) is 14.7. The largest absolute Gasteiger partial charge is 0.324 e. The first-order valence-corrected chi connectivity index (χ1v) is 8.21. The number of amides is 1. The van der Waals surface area contributed by atoms with Gasteiger partial charge in [-0.2, -0.15) is 0 Å². The van der Waals surface area contributed by atoms with Crippen LogP contribution in [0.3, 0.4) is 0 Å². The van der Waals surface area contributed by atoms with Crippen LogP contribution in [0.4, 0.5) is 5.69 Å². The van der Waals surface area contributed by atoms with Crippen LogP contribution in [0.15, 0.2) is 52.4 Å². The number of anilines is 1. The quantitative estimate of drug-likeness (QED) is 0.744. The standard InChI is InChI=1S/C15H13N3OS2/c1-10(21-15-17-8-9-20-15)14(19)18-13-6-2-5-12-11(13)4-3-7-16-12/h2-10H,1H3,(H,18,19). The molecule has 106 valence electrons. The minimum atomic E-state index is -0.205. The first-order chi connectivity index (χ1) is 10.2. The average Bonchev–Trinajstić information content (AvgIpc) is 3.00. The molecule has 2 aromatic heterocycles. The van der Waals surface area contributed by atoms with E-state index in [1.54, 1.807) is 12.4 Å². The van der Waals surface area contributed by atoms with Gasteiger partial charge >= 0.3 is 0 Å². The Morgan fingerprint density at radius 2 is 2.14 bits per heavy atom. The summed E-state index contributed by atoms with van der Waals surface area (Å²) in [6.07, 6.45) is 3.49. The zero-order valence-corrected chi connectivity index (χ0v) is 12.9. The smallest absolute Gasteiger partial charge is 0.237 e. The highest BCUT2D eigenvalue weighted by Gasteiger charge is 2.16. The topological polar surface area (TPSA) is 54.9 Å². The van der Waals surface area contributed by atoms with E-state index in [9.17, 15) is 4.79 Å². The van der Waals surface area contributed by atoms with E-state index in [1.807, 2.05) is 42.6 Å². The summed E-state index contributed by atoms with van der Waals surface area (Å²) in [5, 5.41) is 5.62. The molecule has 1 amide bonds. The Labute approximate surface area is 130 Å². The molecule has 0 aliphatic rings. The lowest BCUT2D eigenvalue weighted by Gasteiger charge is -2.12. The Morgan fingerprint density at radius 3 is 2.95 bits per heavy atom. The predicted octanol–water partition coefficient (Wildman–Crippen LogP) is 3.81. The van der Waals surface area contributed by atoms with Crippen molar-refractivity contribution in [2.75, 3.05) is 5.32 Å². The lowest BCUT2D eigenvalue weighted by molar-refractivity contribution is -0.115. The number of fused-ring (bicyclic) bond motifs is 1. The van der Waals surface area contributed by atoms with Gasteiger partial charge in [-0.05, 0) is 31.2 Å². The number of aromatic nitrogens is 2. The van der Waals surface area contributed by atoms with Crippen LogP contribution in [0.2, 0.25) is 0 Å². The molecule has 4 nitrogen and oxygen atoms in total. The molecule has 0 radical (unpaired) electrons. The number of carbonyl (C=O) groups excluding carboxylic acids is 1. The van der Waals surface area contributed by atoms with Crippen LogP contribution in [0.25, 0.3) is 10.9 Å². The molecule has 0 saturated heterocycles. The van der Waals surface area contributed by atoms with Crippen molar-refractivity contribution in [1.29, 1.82) is 0 Å². The molecule has 0 aliphatic carbocycles. The van der Waals surface area contributed by atoms with Crippen molar-refractivity contribution in [3.8, 4) is 0 Å². The molecule has 3 aromatic rings. The summed E-state index contributed by atoms with van der Waals surface area (Å²) in [5.74, 6) is -0.0356. The lowest BCUT2D eigenvalue weighted by atomic mass is 10.2. The van der Waals surface area contributed by atoms with Gasteiger partial charge in [-0.25, -0.2) is 4.98 Å². The highest BCUT2D eigenvalue weighted by molar-refractivity contribution is 8.02. The van der Waals surface area contributed by atoms with Crippen LogP contribution in [0.5, 0.6) is 0 Å². The summed E-state index contributed by atoms with van der Waals surface area (Å²) in [5.41, 5.74) is 1.66. The number of rotatable bonds is 4. The minimum absolute atomic E-state index is 0.0356. The SMILES string of the molecule is CC(Sc1nccs1)C(=O)Nc1cccc2ncccc12. The Morgan fingerprint density at radius 1 is 1.24 bits per heavy atom. The molecule has 0 bridgehead atoms. The third-order valence-electron chi connectivity index (χ3n) is 2.96. The highest BCUT2D eigenvalue weighted by Crippen LogP contribution is 2.27. The molecule has 0 fully saturated rings. The first kappa shape index (κ1) is 14.0. The van der Waals surface area contributed by atoms with E-state index in [0.717, 1.165) is 20.9 Å². The lowest BCUT2D eigenvalue weighted by Crippen LogP contribution is -2.22. The van der Waals surface area contributed by atoms with Crippen molar-refractivity contribution in [2.45, 2.75) is 16.5 Å². The zero-order valence-electron chi connectivity index (χ0n) is 11.3. The van der Waals surface area contributed by atoms with Crippen molar-refractivity contribution in [3.63, 3.8) is 0 Å². The van der Waals surface area contributed by atoms with Gasteiger partial charge in [0.25, 0.3) is 0 Å². The van der Waals surface area contributed by atoms with Gasteiger partial charge in [0.1, 0.15) is 0 Å². The van der Waals surface area contributed by atoms with Gasteiger partial charge in [0.05, 0.1) is 16.5 Å². The number of nitrogens with one attached hydrogen (secondary N) is 1. The van der Waals surface area contributed by atoms with Crippen LogP contribution in [0.1, 0.15) is 6.92 Å². The summed E-state index contributed by atoms with van der Waals surface area (Å²) >= 11 is 3.00. The summed E-state index contributed by atoms with van der Waals surface area (Å²) in [7, 11) is 0. The third kappa shape index (κ3) is 3.22. The van der Waals surface area contributed by atoms with E-state index in [2.05, 4.69) is 15.3 Å². The molecule has 3 rings (SSSR count). The van der Waals surface area contributed by atoms with E-state index >= 15 is 0 Å². The number of benzene rings is 1. The maximum absolute atomic E-state index is 12.3. The van der Waals surface area contributed by atoms with Crippen LogP contribution in [0, 0.1) is 0 Å².